The first-order valence-corrected chi connectivity index (χ1v) is 9.17. The van der Waals surface area contributed by atoms with E-state index in [1.54, 1.807) is 0 Å². The molecule has 0 spiro atoms. The smallest absolute Gasteiger partial charge is 0.0311 e. The monoisotopic (exact) mass is 366 g/mol. The van der Waals surface area contributed by atoms with Gasteiger partial charge in [-0.1, -0.05) is 60.7 Å². The third kappa shape index (κ3) is 18.4. The lowest BCUT2D eigenvalue weighted by Crippen LogP contribution is -2.17. The second-order valence-corrected chi connectivity index (χ2v) is 6.56. The molecule has 25 heavy (non-hydrogen) atoms. The molecule has 7 heteroatoms. The fraction of sp³-hybridized carbons (Fsp3) is 0.333. The standard InChI is InChI=1S/2C9H13N.H2O4S/c2*1-8(10)7-9-5-3-2-4-6-9;1-5(2,3)4/h2*2-6,8H,7,10H2,1H3;(H2,1,2,3,4)/p-2/t2*8-;/m00./s1. The van der Waals surface area contributed by atoms with Crippen LogP contribution in [0, 0.1) is 0 Å². The van der Waals surface area contributed by atoms with Crippen LogP contribution in [0.2, 0.25) is 0 Å². The van der Waals surface area contributed by atoms with Gasteiger partial charge in [0.05, 0.1) is 0 Å². The Kier molecular flexibility index (Phi) is 11.7. The van der Waals surface area contributed by atoms with Gasteiger partial charge in [0, 0.05) is 22.5 Å². The SMILES string of the molecule is C[C@H](N)Cc1ccccc1.C[C@H](N)Cc1ccccc1.O=S(=O)([O-])[O-]. The number of hydrogen-bond donors (Lipinski definition) is 2. The topological polar surface area (TPSA) is 132 Å². The zero-order valence-electron chi connectivity index (χ0n) is 14.5. The van der Waals surface area contributed by atoms with Crippen molar-refractivity contribution in [2.24, 2.45) is 11.5 Å². The molecule has 0 aromatic heterocycles. The summed E-state index contributed by atoms with van der Waals surface area (Å²) >= 11 is 0. The molecule has 0 unspecified atom stereocenters. The van der Waals surface area contributed by atoms with Crippen LogP contribution in [-0.2, 0) is 23.2 Å². The minimum Gasteiger partial charge on any atom is -0.759 e. The van der Waals surface area contributed by atoms with Crippen molar-refractivity contribution in [1.29, 1.82) is 0 Å². The Hall–Kier alpha value is -1.77. The first kappa shape index (κ1) is 23.2. The van der Waals surface area contributed by atoms with Gasteiger partial charge in [-0.15, -0.1) is 0 Å². The average Bonchev–Trinajstić information content (AvgIpc) is 2.47. The quantitative estimate of drug-likeness (QED) is 0.626. The van der Waals surface area contributed by atoms with E-state index >= 15 is 0 Å². The molecule has 0 amide bonds. The normalized spacial score (nSPS) is 12.7. The fourth-order valence-electron chi connectivity index (χ4n) is 1.97. The first-order chi connectivity index (χ1) is 11.6. The molecule has 0 aliphatic heterocycles. The van der Waals surface area contributed by atoms with Crippen LogP contribution < -0.4 is 11.5 Å². The Morgan fingerprint density at radius 1 is 0.760 bits per heavy atom. The molecule has 0 aliphatic carbocycles. The molecule has 0 saturated heterocycles. The van der Waals surface area contributed by atoms with Crippen LogP contribution in [0.4, 0.5) is 0 Å². The number of nitrogens with two attached hydrogens (primary N) is 2. The largest absolute Gasteiger partial charge is 0.759 e. The third-order valence-corrected chi connectivity index (χ3v) is 2.80. The van der Waals surface area contributed by atoms with Gasteiger partial charge in [0.2, 0.25) is 0 Å². The van der Waals surface area contributed by atoms with E-state index in [4.69, 9.17) is 29.0 Å². The molecule has 6 nitrogen and oxygen atoms in total. The minimum atomic E-state index is -5.17. The van der Waals surface area contributed by atoms with Gasteiger partial charge < -0.3 is 20.6 Å². The molecule has 2 rings (SSSR count). The molecule has 0 radical (unpaired) electrons. The summed E-state index contributed by atoms with van der Waals surface area (Å²) in [6, 6.07) is 21.1. The van der Waals surface area contributed by atoms with E-state index in [1.165, 1.54) is 11.1 Å². The van der Waals surface area contributed by atoms with Gasteiger partial charge in [-0.25, -0.2) is 0 Å². The van der Waals surface area contributed by atoms with Crippen molar-refractivity contribution in [1.82, 2.24) is 0 Å². The molecule has 4 N–H and O–H groups in total. The molecule has 0 saturated carbocycles. The molecule has 2 atom stereocenters. The summed E-state index contributed by atoms with van der Waals surface area (Å²) in [5.41, 5.74) is 13.9. The van der Waals surface area contributed by atoms with Crippen molar-refractivity contribution < 1.29 is 17.5 Å². The number of benzene rings is 2. The summed E-state index contributed by atoms with van der Waals surface area (Å²) in [6.45, 7) is 4.04. The maximum absolute atomic E-state index is 8.52. The van der Waals surface area contributed by atoms with Crippen LogP contribution in [0.15, 0.2) is 60.7 Å². The highest BCUT2D eigenvalue weighted by molar-refractivity contribution is 7.79. The van der Waals surface area contributed by atoms with E-state index in [1.807, 2.05) is 50.2 Å². The van der Waals surface area contributed by atoms with Crippen molar-refractivity contribution in [3.8, 4) is 0 Å². The minimum absolute atomic E-state index is 0.266. The molecule has 140 valence electrons. The van der Waals surface area contributed by atoms with E-state index < -0.39 is 10.4 Å². The van der Waals surface area contributed by atoms with Gasteiger partial charge in [0.1, 0.15) is 0 Å². The molecule has 2 aromatic carbocycles. The lowest BCUT2D eigenvalue weighted by Gasteiger charge is -2.06. The first-order valence-electron chi connectivity index (χ1n) is 7.83. The van der Waals surface area contributed by atoms with Crippen LogP contribution in [0.5, 0.6) is 0 Å². The fourth-order valence-corrected chi connectivity index (χ4v) is 1.97. The van der Waals surface area contributed by atoms with Crippen molar-refractivity contribution in [2.75, 3.05) is 0 Å². The van der Waals surface area contributed by atoms with Crippen molar-refractivity contribution in [3.63, 3.8) is 0 Å². The second kappa shape index (κ2) is 12.6. The Bertz CT molecular complexity index is 606. The van der Waals surface area contributed by atoms with Crippen LogP contribution in [0.25, 0.3) is 0 Å². The number of rotatable bonds is 4. The Labute approximate surface area is 150 Å². The van der Waals surface area contributed by atoms with Gasteiger partial charge in [0.15, 0.2) is 0 Å². The van der Waals surface area contributed by atoms with Crippen LogP contribution in [-0.4, -0.2) is 29.6 Å². The molecular weight excluding hydrogens is 340 g/mol. The summed E-state index contributed by atoms with van der Waals surface area (Å²) in [5, 5.41) is 0. The Morgan fingerprint density at radius 2 is 1.00 bits per heavy atom. The van der Waals surface area contributed by atoms with Crippen molar-refractivity contribution in [2.45, 2.75) is 38.8 Å². The summed E-state index contributed by atoms with van der Waals surface area (Å²) in [6.07, 6.45) is 1.95. The van der Waals surface area contributed by atoms with Gasteiger partial charge in [-0.05, 0) is 37.8 Å². The highest BCUT2D eigenvalue weighted by Crippen LogP contribution is 2.01. The van der Waals surface area contributed by atoms with E-state index in [0.29, 0.717) is 0 Å². The summed E-state index contributed by atoms with van der Waals surface area (Å²) in [5.74, 6) is 0. The molecule has 0 heterocycles. The molecule has 0 aliphatic rings. The van der Waals surface area contributed by atoms with Gasteiger partial charge in [-0.2, -0.15) is 0 Å². The summed E-state index contributed by atoms with van der Waals surface area (Å²) < 4.78 is 34.1. The lowest BCUT2D eigenvalue weighted by atomic mass is 10.1. The Morgan fingerprint density at radius 3 is 1.20 bits per heavy atom. The van der Waals surface area contributed by atoms with Crippen molar-refractivity contribution >= 4 is 10.4 Å². The highest BCUT2D eigenvalue weighted by Gasteiger charge is 1.95. The van der Waals surface area contributed by atoms with E-state index in [0.717, 1.165) is 12.8 Å². The maximum Gasteiger partial charge on any atom is 0.0311 e. The molecular formula is C18H26N2O4S-2. The summed E-state index contributed by atoms with van der Waals surface area (Å²) in [7, 11) is -5.17. The lowest BCUT2D eigenvalue weighted by molar-refractivity contribution is 0.352. The average molecular weight is 366 g/mol. The number of hydrogen-bond acceptors (Lipinski definition) is 6. The van der Waals surface area contributed by atoms with Crippen LogP contribution >= 0.6 is 0 Å². The predicted molar refractivity (Wildman–Crippen MR) is 98.1 cm³/mol. The zero-order valence-corrected chi connectivity index (χ0v) is 15.4. The van der Waals surface area contributed by atoms with Gasteiger partial charge in [-0.3, -0.25) is 8.42 Å². The van der Waals surface area contributed by atoms with Crippen LogP contribution in [0.3, 0.4) is 0 Å². The van der Waals surface area contributed by atoms with Crippen molar-refractivity contribution in [3.05, 3.63) is 71.8 Å². The predicted octanol–water partition coefficient (Wildman–Crippen LogP) is 1.81. The van der Waals surface area contributed by atoms with E-state index in [2.05, 4.69) is 24.3 Å². The highest BCUT2D eigenvalue weighted by atomic mass is 32.3. The van der Waals surface area contributed by atoms with Crippen LogP contribution in [0.1, 0.15) is 25.0 Å². The second-order valence-electron chi connectivity index (χ2n) is 5.74. The summed E-state index contributed by atoms with van der Waals surface area (Å²) in [4.78, 5) is 0. The van der Waals surface area contributed by atoms with Gasteiger partial charge >= 0.3 is 0 Å². The van der Waals surface area contributed by atoms with E-state index in [9.17, 15) is 0 Å². The third-order valence-electron chi connectivity index (χ3n) is 2.80. The van der Waals surface area contributed by atoms with Gasteiger partial charge in [0.25, 0.3) is 0 Å². The molecule has 2 aromatic rings. The van der Waals surface area contributed by atoms with E-state index in [-0.39, 0.29) is 12.1 Å². The Balaban J connectivity index is 0.000000368. The molecule has 0 fully saturated rings. The molecule has 0 bridgehead atoms. The zero-order chi connectivity index (χ0) is 19.3. The maximum atomic E-state index is 8.52.